The molecule has 0 spiro atoms. The second-order valence-corrected chi connectivity index (χ2v) is 7.66. The average Bonchev–Trinajstić information content (AvgIpc) is 2.49. The Balaban J connectivity index is 2.42. The fourth-order valence-corrected chi connectivity index (χ4v) is 4.63. The molecule has 0 aliphatic carbocycles. The number of piperidine rings is 1. The minimum atomic E-state index is -3.93. The Morgan fingerprint density at radius 3 is 2.81 bits per heavy atom. The van der Waals surface area contributed by atoms with Crippen LogP contribution in [-0.2, 0) is 16.6 Å². The minimum Gasteiger partial charge on any atom is -0.392 e. The quantitative estimate of drug-likeness (QED) is 0.920. The van der Waals surface area contributed by atoms with E-state index in [1.54, 1.807) is 0 Å². The van der Waals surface area contributed by atoms with Crippen LogP contribution in [0, 0.1) is 11.7 Å². The number of aliphatic hydroxyl groups excluding tert-OH is 1. The summed E-state index contributed by atoms with van der Waals surface area (Å²) < 4.78 is 40.8. The van der Waals surface area contributed by atoms with Crippen LogP contribution in [0.25, 0.3) is 0 Å². The van der Waals surface area contributed by atoms with E-state index in [1.165, 1.54) is 10.4 Å². The third-order valence-corrected chi connectivity index (χ3v) is 6.01. The molecule has 1 unspecified atom stereocenters. The predicted octanol–water partition coefficient (Wildman–Crippen LogP) is 2.78. The summed E-state index contributed by atoms with van der Waals surface area (Å²) in [5.74, 6) is -0.617. The maximum atomic E-state index is 14.3. The first kappa shape index (κ1) is 16.7. The van der Waals surface area contributed by atoms with Crippen molar-refractivity contribution < 1.29 is 17.9 Å². The zero-order chi connectivity index (χ0) is 15.6. The molecule has 0 bridgehead atoms. The molecule has 2 rings (SSSR count). The van der Waals surface area contributed by atoms with Gasteiger partial charge >= 0.3 is 0 Å². The van der Waals surface area contributed by atoms with Gasteiger partial charge in [-0.1, -0.05) is 24.9 Å². The van der Waals surface area contributed by atoms with Gasteiger partial charge in [0.15, 0.2) is 0 Å². The van der Waals surface area contributed by atoms with Crippen molar-refractivity contribution in [1.29, 1.82) is 0 Å². The molecule has 1 N–H and O–H groups in total. The lowest BCUT2D eigenvalue weighted by molar-refractivity contribution is 0.260. The summed E-state index contributed by atoms with van der Waals surface area (Å²) in [6.07, 6.45) is 2.65. The van der Waals surface area contributed by atoms with Crippen LogP contribution in [0.2, 0.25) is 5.02 Å². The van der Waals surface area contributed by atoms with Gasteiger partial charge in [0, 0.05) is 23.7 Å². The van der Waals surface area contributed by atoms with Gasteiger partial charge in [0.05, 0.1) is 6.61 Å². The fourth-order valence-electron chi connectivity index (χ4n) is 2.64. The van der Waals surface area contributed by atoms with Gasteiger partial charge in [0.25, 0.3) is 0 Å². The molecule has 1 aromatic rings. The largest absolute Gasteiger partial charge is 0.392 e. The maximum Gasteiger partial charge on any atom is 0.246 e. The van der Waals surface area contributed by atoms with Crippen LogP contribution < -0.4 is 0 Å². The molecular formula is C14H19ClFNO3S. The molecule has 0 saturated carbocycles. The number of hydrogen-bond acceptors (Lipinski definition) is 3. The van der Waals surface area contributed by atoms with E-state index in [2.05, 4.69) is 0 Å². The van der Waals surface area contributed by atoms with E-state index in [9.17, 15) is 12.8 Å². The molecule has 1 atom stereocenters. The third-order valence-electron chi connectivity index (χ3n) is 3.93. The number of aliphatic hydroxyl groups is 1. The van der Waals surface area contributed by atoms with Crippen molar-refractivity contribution in [3.8, 4) is 0 Å². The van der Waals surface area contributed by atoms with Crippen LogP contribution in [0.1, 0.15) is 31.7 Å². The van der Waals surface area contributed by atoms with Gasteiger partial charge < -0.3 is 5.11 Å². The zero-order valence-corrected chi connectivity index (χ0v) is 13.4. The number of halogens is 2. The third kappa shape index (κ3) is 3.39. The standard InChI is InChI=1S/C14H19ClFNO3S/c1-2-10-4-3-5-17(8-10)21(19,20)13-7-12(15)6-11(9-18)14(13)16/h6-7,10,18H,2-5,8-9H2,1H3. The molecule has 1 aliphatic heterocycles. The van der Waals surface area contributed by atoms with Gasteiger partial charge in [-0.05, 0) is 30.9 Å². The number of rotatable bonds is 4. The Hall–Kier alpha value is -0.690. The highest BCUT2D eigenvalue weighted by atomic mass is 35.5. The normalized spacial score (nSPS) is 20.7. The minimum absolute atomic E-state index is 0.100. The van der Waals surface area contributed by atoms with E-state index in [4.69, 9.17) is 16.7 Å². The molecule has 4 nitrogen and oxygen atoms in total. The lowest BCUT2D eigenvalue weighted by Gasteiger charge is -2.31. The molecule has 1 aromatic carbocycles. The Morgan fingerprint density at radius 1 is 1.48 bits per heavy atom. The van der Waals surface area contributed by atoms with Crippen molar-refractivity contribution in [1.82, 2.24) is 4.31 Å². The Kier molecular flexibility index (Phi) is 5.24. The summed E-state index contributed by atoms with van der Waals surface area (Å²) in [6.45, 7) is 2.22. The summed E-state index contributed by atoms with van der Waals surface area (Å²) in [5.41, 5.74) is -0.106. The number of sulfonamides is 1. The molecular weight excluding hydrogens is 317 g/mol. The Morgan fingerprint density at radius 2 is 2.19 bits per heavy atom. The molecule has 0 aromatic heterocycles. The van der Waals surface area contributed by atoms with Crippen LogP contribution >= 0.6 is 11.6 Å². The molecule has 0 radical (unpaired) electrons. The van der Waals surface area contributed by atoms with Crippen molar-refractivity contribution in [3.63, 3.8) is 0 Å². The number of hydrogen-bond donors (Lipinski definition) is 1. The first-order chi connectivity index (χ1) is 9.90. The molecule has 1 aliphatic rings. The van der Waals surface area contributed by atoms with Crippen molar-refractivity contribution in [2.45, 2.75) is 37.7 Å². The van der Waals surface area contributed by atoms with E-state index in [1.807, 2.05) is 6.92 Å². The summed E-state index contributed by atoms with van der Waals surface area (Å²) in [6, 6.07) is 2.35. The molecule has 0 amide bonds. The van der Waals surface area contributed by atoms with Crippen molar-refractivity contribution in [2.75, 3.05) is 13.1 Å². The van der Waals surface area contributed by atoms with Gasteiger partial charge in [-0.2, -0.15) is 4.31 Å². The van der Waals surface area contributed by atoms with Crippen molar-refractivity contribution >= 4 is 21.6 Å². The van der Waals surface area contributed by atoms with Crippen molar-refractivity contribution in [3.05, 3.63) is 28.5 Å². The highest BCUT2D eigenvalue weighted by Gasteiger charge is 2.32. The summed E-state index contributed by atoms with van der Waals surface area (Å²) in [5, 5.41) is 9.22. The summed E-state index contributed by atoms with van der Waals surface area (Å²) >= 11 is 5.84. The summed E-state index contributed by atoms with van der Waals surface area (Å²) in [4.78, 5) is -0.448. The first-order valence-corrected chi connectivity index (χ1v) is 8.80. The second-order valence-electron chi connectivity index (χ2n) is 5.31. The van der Waals surface area contributed by atoms with Crippen LogP contribution in [-0.4, -0.2) is 30.9 Å². The maximum absolute atomic E-state index is 14.3. The lowest BCUT2D eigenvalue weighted by atomic mass is 9.97. The predicted molar refractivity (Wildman–Crippen MR) is 79.1 cm³/mol. The zero-order valence-electron chi connectivity index (χ0n) is 11.8. The Labute approximate surface area is 129 Å². The van der Waals surface area contributed by atoms with Crippen LogP contribution in [0.3, 0.4) is 0 Å². The van der Waals surface area contributed by atoms with E-state index in [0.717, 1.165) is 25.3 Å². The number of nitrogens with zero attached hydrogens (tertiary/aromatic N) is 1. The highest BCUT2D eigenvalue weighted by Crippen LogP contribution is 2.29. The van der Waals surface area contributed by atoms with E-state index in [-0.39, 0.29) is 10.6 Å². The van der Waals surface area contributed by atoms with Gasteiger partial charge in [0.1, 0.15) is 10.7 Å². The molecule has 118 valence electrons. The molecule has 1 saturated heterocycles. The molecule has 7 heteroatoms. The molecule has 1 heterocycles. The first-order valence-electron chi connectivity index (χ1n) is 6.99. The van der Waals surface area contributed by atoms with E-state index >= 15 is 0 Å². The number of benzene rings is 1. The Bertz CT molecular complexity index is 621. The highest BCUT2D eigenvalue weighted by molar-refractivity contribution is 7.89. The fraction of sp³-hybridized carbons (Fsp3) is 0.571. The molecule has 21 heavy (non-hydrogen) atoms. The SMILES string of the molecule is CCC1CCCN(S(=O)(=O)c2cc(Cl)cc(CO)c2F)C1. The van der Waals surface area contributed by atoms with Crippen LogP contribution in [0.5, 0.6) is 0 Å². The molecule has 1 fully saturated rings. The van der Waals surface area contributed by atoms with E-state index < -0.39 is 27.3 Å². The van der Waals surface area contributed by atoms with Gasteiger partial charge in [0.2, 0.25) is 10.0 Å². The van der Waals surface area contributed by atoms with Gasteiger partial charge in [-0.25, -0.2) is 12.8 Å². The smallest absolute Gasteiger partial charge is 0.246 e. The van der Waals surface area contributed by atoms with Gasteiger partial charge in [-0.15, -0.1) is 0 Å². The van der Waals surface area contributed by atoms with E-state index in [0.29, 0.717) is 19.0 Å². The summed E-state index contributed by atoms with van der Waals surface area (Å²) in [7, 11) is -3.93. The monoisotopic (exact) mass is 335 g/mol. The van der Waals surface area contributed by atoms with Crippen molar-refractivity contribution in [2.24, 2.45) is 5.92 Å². The van der Waals surface area contributed by atoms with Crippen LogP contribution in [0.4, 0.5) is 4.39 Å². The van der Waals surface area contributed by atoms with Crippen LogP contribution in [0.15, 0.2) is 17.0 Å². The van der Waals surface area contributed by atoms with Gasteiger partial charge in [-0.3, -0.25) is 0 Å². The lowest BCUT2D eigenvalue weighted by Crippen LogP contribution is -2.40. The average molecular weight is 336 g/mol. The second kappa shape index (κ2) is 6.60. The topological polar surface area (TPSA) is 57.6 Å².